The number of carbonyl (C=O) groups excluding carboxylic acids is 1. The van der Waals surface area contributed by atoms with E-state index in [0.717, 1.165) is 17.8 Å². The van der Waals surface area contributed by atoms with Gasteiger partial charge in [0.05, 0.1) is 30.7 Å². The smallest absolute Gasteiger partial charge is 0.356 e. The van der Waals surface area contributed by atoms with E-state index in [1.54, 1.807) is 6.92 Å². The molecule has 1 aliphatic heterocycles. The quantitative estimate of drug-likeness (QED) is 0.793. The van der Waals surface area contributed by atoms with Gasteiger partial charge in [0, 0.05) is 18.1 Å². The summed E-state index contributed by atoms with van der Waals surface area (Å²) in [5.41, 5.74) is 1.73. The van der Waals surface area contributed by atoms with E-state index in [9.17, 15) is 13.6 Å². The van der Waals surface area contributed by atoms with E-state index in [2.05, 4.69) is 9.97 Å². The molecule has 2 atom stereocenters. The highest BCUT2D eigenvalue weighted by Gasteiger charge is 2.29. The third-order valence-electron chi connectivity index (χ3n) is 4.02. The molecular weight excluding hydrogens is 330 g/mol. The minimum absolute atomic E-state index is 0.0214. The molecule has 2 aromatic heterocycles. The molecule has 0 fully saturated rings. The minimum Gasteiger partial charge on any atom is -0.461 e. The van der Waals surface area contributed by atoms with E-state index in [0.29, 0.717) is 17.7 Å². The lowest BCUT2D eigenvalue weighted by Crippen LogP contribution is -2.25. The molecular formula is C18H18F2N2O3. The van der Waals surface area contributed by atoms with Crippen LogP contribution in [0.5, 0.6) is 0 Å². The molecule has 0 spiro atoms. The van der Waals surface area contributed by atoms with Crippen LogP contribution in [0.3, 0.4) is 0 Å². The number of carbonyl (C=O) groups is 1. The highest BCUT2D eigenvalue weighted by molar-refractivity contribution is 5.89. The van der Waals surface area contributed by atoms with Crippen LogP contribution in [-0.2, 0) is 15.9 Å². The molecule has 3 rings (SSSR count). The Labute approximate surface area is 144 Å². The van der Waals surface area contributed by atoms with E-state index >= 15 is 0 Å². The molecule has 0 saturated heterocycles. The first-order valence-electron chi connectivity index (χ1n) is 8.08. The Morgan fingerprint density at radius 3 is 2.80 bits per heavy atom. The average Bonchev–Trinajstić information content (AvgIpc) is 2.54. The van der Waals surface area contributed by atoms with E-state index in [4.69, 9.17) is 9.47 Å². The Kier molecular flexibility index (Phi) is 4.76. The van der Waals surface area contributed by atoms with Gasteiger partial charge in [-0.2, -0.15) is 0 Å². The van der Waals surface area contributed by atoms with Crippen molar-refractivity contribution in [3.8, 4) is 11.3 Å². The van der Waals surface area contributed by atoms with Gasteiger partial charge in [0.15, 0.2) is 5.82 Å². The fourth-order valence-electron chi connectivity index (χ4n) is 3.02. The zero-order chi connectivity index (χ0) is 18.1. The Bertz CT molecular complexity index is 826. The first-order valence-corrected chi connectivity index (χ1v) is 8.08. The molecule has 25 heavy (non-hydrogen) atoms. The first kappa shape index (κ1) is 17.4. The predicted molar refractivity (Wildman–Crippen MR) is 86.0 cm³/mol. The summed E-state index contributed by atoms with van der Waals surface area (Å²) >= 11 is 0. The van der Waals surface area contributed by atoms with Gasteiger partial charge in [0.1, 0.15) is 17.2 Å². The second kappa shape index (κ2) is 6.84. The molecule has 1 aliphatic rings. The molecule has 5 nitrogen and oxygen atoms in total. The lowest BCUT2D eigenvalue weighted by atomic mass is 9.92. The van der Waals surface area contributed by atoms with Crippen LogP contribution in [0.4, 0.5) is 8.78 Å². The van der Waals surface area contributed by atoms with Crippen molar-refractivity contribution in [1.82, 2.24) is 9.97 Å². The van der Waals surface area contributed by atoms with Crippen molar-refractivity contribution in [2.75, 3.05) is 6.61 Å². The number of pyridine rings is 2. The highest BCUT2D eigenvalue weighted by atomic mass is 19.1. The molecule has 0 aromatic carbocycles. The van der Waals surface area contributed by atoms with Crippen LogP contribution in [0.25, 0.3) is 11.3 Å². The second-order valence-electron chi connectivity index (χ2n) is 5.92. The molecule has 0 amide bonds. The van der Waals surface area contributed by atoms with Crippen LogP contribution in [-0.4, -0.2) is 28.6 Å². The number of rotatable bonds is 3. The summed E-state index contributed by atoms with van der Waals surface area (Å²) in [6.45, 7) is 5.59. The van der Waals surface area contributed by atoms with E-state index in [-0.39, 0.29) is 30.2 Å². The molecule has 132 valence electrons. The highest BCUT2D eigenvalue weighted by Crippen LogP contribution is 2.36. The van der Waals surface area contributed by atoms with Gasteiger partial charge >= 0.3 is 5.97 Å². The van der Waals surface area contributed by atoms with Crippen molar-refractivity contribution in [2.45, 2.75) is 39.4 Å². The van der Waals surface area contributed by atoms with Gasteiger partial charge in [-0.25, -0.2) is 18.6 Å². The number of hydrogen-bond acceptors (Lipinski definition) is 5. The molecule has 7 heteroatoms. The number of aromatic nitrogens is 2. The van der Waals surface area contributed by atoms with Gasteiger partial charge in [-0.3, -0.25) is 4.98 Å². The number of halogens is 2. The molecule has 0 radical (unpaired) electrons. The lowest BCUT2D eigenvalue weighted by Gasteiger charge is -2.29. The van der Waals surface area contributed by atoms with Crippen LogP contribution < -0.4 is 0 Å². The maximum absolute atomic E-state index is 14.3. The van der Waals surface area contributed by atoms with Crippen LogP contribution in [0.1, 0.15) is 48.6 Å². The average molecular weight is 348 g/mol. The summed E-state index contributed by atoms with van der Waals surface area (Å²) in [5, 5.41) is 0. The number of nitrogens with zero attached hydrogens (tertiary/aromatic N) is 2. The Morgan fingerprint density at radius 1 is 1.36 bits per heavy atom. The molecule has 0 saturated carbocycles. The predicted octanol–water partition coefficient (Wildman–Crippen LogP) is 3.62. The monoisotopic (exact) mass is 348 g/mol. The van der Waals surface area contributed by atoms with Crippen molar-refractivity contribution in [3.05, 3.63) is 46.9 Å². The Hall–Kier alpha value is -2.41. The Morgan fingerprint density at radius 2 is 2.12 bits per heavy atom. The maximum atomic E-state index is 14.3. The topological polar surface area (TPSA) is 61.3 Å². The molecule has 2 aromatic rings. The summed E-state index contributed by atoms with van der Waals surface area (Å²) < 4.78 is 38.3. The zero-order valence-electron chi connectivity index (χ0n) is 14.2. The van der Waals surface area contributed by atoms with Gasteiger partial charge in [-0.05, 0) is 32.4 Å². The summed E-state index contributed by atoms with van der Waals surface area (Å²) in [7, 11) is 0. The third kappa shape index (κ3) is 3.37. The third-order valence-corrected chi connectivity index (χ3v) is 4.02. The van der Waals surface area contributed by atoms with E-state index < -0.39 is 17.6 Å². The van der Waals surface area contributed by atoms with Crippen molar-refractivity contribution in [2.24, 2.45) is 0 Å². The Balaban J connectivity index is 2.22. The van der Waals surface area contributed by atoms with Crippen LogP contribution in [0.2, 0.25) is 0 Å². The summed E-state index contributed by atoms with van der Waals surface area (Å²) in [4.78, 5) is 20.4. The first-order chi connectivity index (χ1) is 11.9. The van der Waals surface area contributed by atoms with Gasteiger partial charge in [0.2, 0.25) is 0 Å². The number of esters is 1. The van der Waals surface area contributed by atoms with Gasteiger partial charge in [-0.15, -0.1) is 0 Å². The van der Waals surface area contributed by atoms with Crippen LogP contribution in [0, 0.1) is 11.6 Å². The fourth-order valence-corrected chi connectivity index (χ4v) is 3.02. The standard InChI is InChI=1S/C18H18F2N2O3/c1-4-24-18(23)15-7-13(17-14(20)6-11(19)8-21-17)12-5-9(2)25-10(3)16(12)22-15/h6-10H,4-5H2,1-3H3/t9-,10+/m0/s1. The lowest BCUT2D eigenvalue weighted by molar-refractivity contribution is -0.00752. The van der Waals surface area contributed by atoms with Crippen LogP contribution in [0.15, 0.2) is 18.3 Å². The van der Waals surface area contributed by atoms with Gasteiger partial charge in [0.25, 0.3) is 0 Å². The number of fused-ring (bicyclic) bond motifs is 1. The SMILES string of the molecule is CCOC(=O)c1cc(-c2ncc(F)cc2F)c2c(n1)[C@@H](C)O[C@@H](C)C2. The van der Waals surface area contributed by atoms with E-state index in [1.807, 2.05) is 13.8 Å². The second-order valence-corrected chi connectivity index (χ2v) is 5.92. The van der Waals surface area contributed by atoms with Crippen molar-refractivity contribution in [1.29, 1.82) is 0 Å². The van der Waals surface area contributed by atoms with Crippen molar-refractivity contribution >= 4 is 5.97 Å². The van der Waals surface area contributed by atoms with E-state index in [1.165, 1.54) is 6.07 Å². The minimum atomic E-state index is -0.796. The fraction of sp³-hybridized carbons (Fsp3) is 0.389. The summed E-state index contributed by atoms with van der Waals surface area (Å²) in [6.07, 6.45) is 0.973. The summed E-state index contributed by atoms with van der Waals surface area (Å²) in [6, 6.07) is 2.22. The van der Waals surface area contributed by atoms with Crippen molar-refractivity contribution < 1.29 is 23.0 Å². The zero-order valence-corrected chi connectivity index (χ0v) is 14.2. The van der Waals surface area contributed by atoms with Gasteiger partial charge in [-0.1, -0.05) is 0 Å². The van der Waals surface area contributed by atoms with Crippen molar-refractivity contribution in [3.63, 3.8) is 0 Å². The number of hydrogen-bond donors (Lipinski definition) is 0. The molecule has 0 aliphatic carbocycles. The molecule has 0 N–H and O–H groups in total. The largest absolute Gasteiger partial charge is 0.461 e. The molecule has 0 unspecified atom stereocenters. The normalized spacial score (nSPS) is 19.4. The van der Waals surface area contributed by atoms with Gasteiger partial charge < -0.3 is 9.47 Å². The van der Waals surface area contributed by atoms with Crippen LogP contribution >= 0.6 is 0 Å². The molecule has 3 heterocycles. The summed E-state index contributed by atoms with van der Waals surface area (Å²) in [5.74, 6) is -2.17. The maximum Gasteiger partial charge on any atom is 0.356 e. The number of ether oxygens (including phenoxy) is 2. The molecule has 0 bridgehead atoms.